The van der Waals surface area contributed by atoms with Crippen LogP contribution in [-0.4, -0.2) is 22.8 Å². The van der Waals surface area contributed by atoms with Crippen LogP contribution in [0, 0.1) is 5.82 Å². The number of pyridine rings is 1. The fraction of sp³-hybridized carbons (Fsp3) is 0.292. The lowest BCUT2D eigenvalue weighted by molar-refractivity contribution is -0.275. The van der Waals surface area contributed by atoms with E-state index in [1.54, 1.807) is 0 Å². The van der Waals surface area contributed by atoms with E-state index >= 15 is 0 Å². The summed E-state index contributed by atoms with van der Waals surface area (Å²) in [6.07, 6.45) is -1.56. The van der Waals surface area contributed by atoms with Crippen LogP contribution in [0.25, 0.3) is 0 Å². The molecule has 3 aromatic rings. The molecule has 1 aliphatic heterocycles. The molecule has 1 aliphatic carbocycles. The SMILES string of the molecule is O=C(Nc1ccc(F)cn1)c1sc(C2=NOC(c3cc(Cl)cc(Cl)c3)(C(F)(F)F)C2)c2c1CCCC2. The largest absolute Gasteiger partial charge is 0.435 e. The van der Waals surface area contributed by atoms with E-state index in [1.165, 1.54) is 18.2 Å². The summed E-state index contributed by atoms with van der Waals surface area (Å²) in [5.41, 5.74) is -1.34. The molecule has 0 saturated heterocycles. The molecule has 36 heavy (non-hydrogen) atoms. The average molecular weight is 558 g/mol. The molecule has 2 aromatic heterocycles. The third-order valence-electron chi connectivity index (χ3n) is 6.17. The number of aromatic nitrogens is 1. The molecule has 1 amide bonds. The summed E-state index contributed by atoms with van der Waals surface area (Å²) in [7, 11) is 0. The Morgan fingerprint density at radius 1 is 1.08 bits per heavy atom. The van der Waals surface area contributed by atoms with Crippen molar-refractivity contribution in [2.24, 2.45) is 5.16 Å². The number of amides is 1. The van der Waals surface area contributed by atoms with Gasteiger partial charge in [-0.15, -0.1) is 11.3 Å². The number of oxime groups is 1. The molecular weight excluding hydrogens is 541 g/mol. The van der Waals surface area contributed by atoms with Gasteiger partial charge in [-0.25, -0.2) is 9.37 Å². The van der Waals surface area contributed by atoms with Gasteiger partial charge < -0.3 is 10.2 Å². The zero-order chi connectivity index (χ0) is 25.7. The summed E-state index contributed by atoms with van der Waals surface area (Å²) in [5.74, 6) is -0.847. The summed E-state index contributed by atoms with van der Waals surface area (Å²) in [5, 5.41) is 6.59. The van der Waals surface area contributed by atoms with Crippen LogP contribution in [0.3, 0.4) is 0 Å². The zero-order valence-corrected chi connectivity index (χ0v) is 20.7. The predicted molar refractivity (Wildman–Crippen MR) is 130 cm³/mol. The third-order valence-corrected chi connectivity index (χ3v) is 7.93. The molecule has 0 radical (unpaired) electrons. The first-order valence-corrected chi connectivity index (χ1v) is 12.5. The van der Waals surface area contributed by atoms with Crippen molar-refractivity contribution in [2.45, 2.75) is 43.9 Å². The van der Waals surface area contributed by atoms with Crippen LogP contribution in [-0.2, 0) is 23.3 Å². The second kappa shape index (κ2) is 9.32. The molecular formula is C24H17Cl2F4N3O2S. The predicted octanol–water partition coefficient (Wildman–Crippen LogP) is 7.30. The number of carbonyl (C=O) groups excluding carboxylic acids is 1. The Morgan fingerprint density at radius 3 is 2.42 bits per heavy atom. The smallest absolute Gasteiger partial charge is 0.374 e. The van der Waals surface area contributed by atoms with Crippen molar-refractivity contribution in [1.82, 2.24) is 4.98 Å². The molecule has 0 bridgehead atoms. The highest BCUT2D eigenvalue weighted by atomic mass is 35.5. The second-order valence-corrected chi connectivity index (χ2v) is 10.4. The molecule has 3 heterocycles. The van der Waals surface area contributed by atoms with Crippen molar-refractivity contribution >= 4 is 52.0 Å². The van der Waals surface area contributed by atoms with Crippen LogP contribution >= 0.6 is 34.5 Å². The molecule has 5 rings (SSSR count). The van der Waals surface area contributed by atoms with Crippen LogP contribution in [0.1, 0.15) is 50.5 Å². The molecule has 188 valence electrons. The Morgan fingerprint density at radius 2 is 1.78 bits per heavy atom. The summed E-state index contributed by atoms with van der Waals surface area (Å²) < 4.78 is 56.4. The van der Waals surface area contributed by atoms with E-state index in [4.69, 9.17) is 28.0 Å². The minimum absolute atomic E-state index is 0.0417. The molecule has 0 fully saturated rings. The van der Waals surface area contributed by atoms with E-state index < -0.39 is 29.9 Å². The summed E-state index contributed by atoms with van der Waals surface area (Å²) in [4.78, 5) is 22.9. The Kier molecular flexibility index (Phi) is 6.46. The molecule has 0 spiro atoms. The highest BCUT2D eigenvalue weighted by Gasteiger charge is 2.62. The highest BCUT2D eigenvalue weighted by molar-refractivity contribution is 7.16. The normalized spacial score (nSPS) is 19.4. The number of anilines is 1. The Bertz CT molecular complexity index is 1350. The van der Waals surface area contributed by atoms with Gasteiger partial charge in [0.2, 0.25) is 0 Å². The molecule has 1 unspecified atom stereocenters. The van der Waals surface area contributed by atoms with E-state index in [1.807, 2.05) is 0 Å². The number of thiophene rings is 1. The van der Waals surface area contributed by atoms with Crippen molar-refractivity contribution < 1.29 is 27.2 Å². The van der Waals surface area contributed by atoms with Crippen molar-refractivity contribution in [2.75, 3.05) is 5.32 Å². The number of nitrogens with zero attached hydrogens (tertiary/aromatic N) is 2. The van der Waals surface area contributed by atoms with Crippen LogP contribution in [0.4, 0.5) is 23.4 Å². The van der Waals surface area contributed by atoms with Crippen LogP contribution < -0.4 is 5.32 Å². The average Bonchev–Trinajstić information content (AvgIpc) is 3.43. The number of nitrogens with one attached hydrogen (secondary N) is 1. The summed E-state index contributed by atoms with van der Waals surface area (Å²) >= 11 is 13.1. The maximum atomic E-state index is 14.4. The number of rotatable bonds is 4. The number of halogens is 6. The Hall–Kier alpha value is -2.69. The maximum absolute atomic E-state index is 14.4. The topological polar surface area (TPSA) is 63.6 Å². The lowest BCUT2D eigenvalue weighted by Crippen LogP contribution is -2.42. The molecule has 1 atom stereocenters. The number of carbonyl (C=O) groups is 1. The number of fused-ring (bicyclic) bond motifs is 1. The van der Waals surface area contributed by atoms with Gasteiger partial charge in [0.1, 0.15) is 17.3 Å². The van der Waals surface area contributed by atoms with Gasteiger partial charge in [0, 0.05) is 15.6 Å². The number of hydrogen-bond acceptors (Lipinski definition) is 5. The van der Waals surface area contributed by atoms with E-state index in [-0.39, 0.29) is 27.1 Å². The van der Waals surface area contributed by atoms with Crippen LogP contribution in [0.15, 0.2) is 41.7 Å². The standard InChI is InChI=1S/C24H17Cl2F4N3O2S/c25-13-7-12(8-14(26)9-13)23(24(28,29)30)10-18(33-35-23)20-16-3-1-2-4-17(16)21(36-20)22(34)32-19-6-5-15(27)11-31-19/h5-9,11H,1-4,10H2,(H,31,32,34). The first-order chi connectivity index (χ1) is 17.1. The van der Waals surface area contributed by atoms with Crippen molar-refractivity contribution in [3.8, 4) is 0 Å². The van der Waals surface area contributed by atoms with Crippen molar-refractivity contribution in [3.63, 3.8) is 0 Å². The van der Waals surface area contributed by atoms with Gasteiger partial charge >= 0.3 is 6.18 Å². The van der Waals surface area contributed by atoms with Gasteiger partial charge in [0.25, 0.3) is 11.5 Å². The van der Waals surface area contributed by atoms with Gasteiger partial charge in [-0.3, -0.25) is 4.79 Å². The quantitative estimate of drug-likeness (QED) is 0.342. The van der Waals surface area contributed by atoms with Gasteiger partial charge in [-0.05, 0) is 67.1 Å². The number of hydrogen-bond donors (Lipinski definition) is 1. The van der Waals surface area contributed by atoms with E-state index in [9.17, 15) is 22.4 Å². The van der Waals surface area contributed by atoms with E-state index in [0.717, 1.165) is 53.6 Å². The minimum Gasteiger partial charge on any atom is -0.374 e. The lowest BCUT2D eigenvalue weighted by atomic mass is 9.85. The highest BCUT2D eigenvalue weighted by Crippen LogP contribution is 2.51. The lowest BCUT2D eigenvalue weighted by Gasteiger charge is -2.29. The van der Waals surface area contributed by atoms with Crippen molar-refractivity contribution in [1.29, 1.82) is 0 Å². The fourth-order valence-corrected chi connectivity index (χ4v) is 6.28. The Labute approximate surface area is 217 Å². The first kappa shape index (κ1) is 25.0. The van der Waals surface area contributed by atoms with Gasteiger partial charge in [-0.1, -0.05) is 28.4 Å². The molecule has 0 saturated carbocycles. The minimum atomic E-state index is -4.82. The van der Waals surface area contributed by atoms with E-state index in [2.05, 4.69) is 15.5 Å². The molecule has 12 heteroatoms. The molecule has 5 nitrogen and oxygen atoms in total. The van der Waals surface area contributed by atoms with Gasteiger partial charge in [0.15, 0.2) is 0 Å². The molecule has 1 aromatic carbocycles. The van der Waals surface area contributed by atoms with Gasteiger partial charge in [0.05, 0.1) is 22.4 Å². The zero-order valence-electron chi connectivity index (χ0n) is 18.4. The van der Waals surface area contributed by atoms with Gasteiger partial charge in [-0.2, -0.15) is 13.2 Å². The number of benzene rings is 1. The fourth-order valence-electron chi connectivity index (χ4n) is 4.48. The second-order valence-electron chi connectivity index (χ2n) is 8.53. The van der Waals surface area contributed by atoms with E-state index in [0.29, 0.717) is 22.6 Å². The van der Waals surface area contributed by atoms with Crippen LogP contribution in [0.5, 0.6) is 0 Å². The monoisotopic (exact) mass is 557 g/mol. The Balaban J connectivity index is 1.51. The maximum Gasteiger partial charge on any atom is 0.435 e. The summed E-state index contributed by atoms with van der Waals surface area (Å²) in [6.45, 7) is 0. The summed E-state index contributed by atoms with van der Waals surface area (Å²) in [6, 6.07) is 6.16. The van der Waals surface area contributed by atoms with Crippen LogP contribution in [0.2, 0.25) is 10.0 Å². The molecule has 2 aliphatic rings. The molecule has 1 N–H and O–H groups in total. The first-order valence-electron chi connectivity index (χ1n) is 10.9. The van der Waals surface area contributed by atoms with Crippen molar-refractivity contribution in [3.05, 3.63) is 78.8 Å². The number of alkyl halides is 3. The third kappa shape index (κ3) is 4.46.